The van der Waals surface area contributed by atoms with Crippen LogP contribution in [0.3, 0.4) is 0 Å². The second-order valence-electron chi connectivity index (χ2n) is 5.52. The Kier molecular flexibility index (Phi) is 6.22. The number of anilines is 1. The third kappa shape index (κ3) is 4.34. The number of fused-ring (bicyclic) bond motifs is 1. The number of amides is 2. The Bertz CT molecular complexity index is 580. The van der Waals surface area contributed by atoms with Crippen molar-refractivity contribution in [2.75, 3.05) is 24.6 Å². The number of nitrogens with two attached hydrogens (primary N) is 1. The fourth-order valence-electron chi connectivity index (χ4n) is 1.96. The molecule has 3 N–H and O–H groups in total. The quantitative estimate of drug-likeness (QED) is 0.812. The van der Waals surface area contributed by atoms with Crippen molar-refractivity contribution in [3.8, 4) is 5.75 Å². The van der Waals surface area contributed by atoms with E-state index >= 15 is 0 Å². The lowest BCUT2D eigenvalue weighted by Crippen LogP contribution is -2.53. The third-order valence-electron chi connectivity index (χ3n) is 3.15. The molecule has 0 unspecified atom stereocenters. The average Bonchev–Trinajstić information content (AvgIpc) is 2.41. The van der Waals surface area contributed by atoms with Gasteiger partial charge in [0.2, 0.25) is 5.91 Å². The van der Waals surface area contributed by atoms with Crippen LogP contribution in [0.2, 0.25) is 0 Å². The summed E-state index contributed by atoms with van der Waals surface area (Å²) in [6.45, 7) is 3.85. The summed E-state index contributed by atoms with van der Waals surface area (Å²) >= 11 is 3.35. The first-order valence-corrected chi connectivity index (χ1v) is 7.35. The minimum atomic E-state index is -0.505. The molecule has 0 aromatic heterocycles. The summed E-state index contributed by atoms with van der Waals surface area (Å²) in [5, 5.41) is 2.81. The fraction of sp³-hybridized carbons (Fsp3) is 0.429. The van der Waals surface area contributed by atoms with E-state index in [0.717, 1.165) is 4.47 Å². The van der Waals surface area contributed by atoms with Crippen molar-refractivity contribution in [1.82, 2.24) is 5.32 Å². The lowest BCUT2D eigenvalue weighted by Gasteiger charge is -2.31. The van der Waals surface area contributed by atoms with Gasteiger partial charge in [-0.1, -0.05) is 15.9 Å². The maximum absolute atomic E-state index is 12.1. The summed E-state index contributed by atoms with van der Waals surface area (Å²) in [7, 11) is 0. The van der Waals surface area contributed by atoms with E-state index in [2.05, 4.69) is 21.2 Å². The number of carbonyl (C=O) groups excluding carboxylic acids is 2. The summed E-state index contributed by atoms with van der Waals surface area (Å²) in [6, 6.07) is 5.32. The number of carbonyl (C=O) groups is 2. The smallest absolute Gasteiger partial charge is 0.265 e. The highest BCUT2D eigenvalue weighted by Gasteiger charge is 2.28. The molecule has 8 heteroatoms. The molecule has 1 aliphatic heterocycles. The van der Waals surface area contributed by atoms with E-state index in [4.69, 9.17) is 10.5 Å². The summed E-state index contributed by atoms with van der Waals surface area (Å²) in [5.41, 5.74) is 5.68. The Morgan fingerprint density at radius 3 is 2.82 bits per heavy atom. The van der Waals surface area contributed by atoms with Crippen LogP contribution in [-0.2, 0) is 9.59 Å². The number of rotatable bonds is 4. The lowest BCUT2D eigenvalue weighted by atomic mass is 10.1. The van der Waals surface area contributed by atoms with Crippen molar-refractivity contribution in [2.45, 2.75) is 19.4 Å². The second-order valence-corrected chi connectivity index (χ2v) is 6.43. The van der Waals surface area contributed by atoms with Crippen molar-refractivity contribution in [3.05, 3.63) is 22.7 Å². The molecule has 0 radical (unpaired) electrons. The third-order valence-corrected chi connectivity index (χ3v) is 3.65. The first-order chi connectivity index (χ1) is 9.82. The van der Waals surface area contributed by atoms with Crippen LogP contribution in [0.25, 0.3) is 0 Å². The molecule has 6 nitrogen and oxygen atoms in total. The molecule has 1 aromatic rings. The van der Waals surface area contributed by atoms with Crippen LogP contribution >= 0.6 is 28.3 Å². The van der Waals surface area contributed by atoms with Crippen LogP contribution in [0.5, 0.6) is 5.75 Å². The molecule has 2 rings (SSSR count). The van der Waals surface area contributed by atoms with Gasteiger partial charge in [0, 0.05) is 16.6 Å². The van der Waals surface area contributed by atoms with Gasteiger partial charge in [-0.2, -0.15) is 0 Å². The topological polar surface area (TPSA) is 84.7 Å². The van der Waals surface area contributed by atoms with Crippen molar-refractivity contribution in [2.24, 2.45) is 5.73 Å². The van der Waals surface area contributed by atoms with Gasteiger partial charge in [0.1, 0.15) is 12.3 Å². The van der Waals surface area contributed by atoms with Crippen LogP contribution in [0, 0.1) is 0 Å². The molecule has 0 saturated heterocycles. The van der Waals surface area contributed by atoms with Gasteiger partial charge in [-0.15, -0.1) is 12.4 Å². The van der Waals surface area contributed by atoms with Gasteiger partial charge in [0.15, 0.2) is 6.61 Å². The monoisotopic (exact) mass is 391 g/mol. The maximum atomic E-state index is 12.1. The minimum Gasteiger partial charge on any atom is -0.482 e. The number of hydrogen-bond donors (Lipinski definition) is 2. The Labute approximate surface area is 143 Å². The van der Waals surface area contributed by atoms with E-state index in [-0.39, 0.29) is 37.4 Å². The molecule has 0 spiro atoms. The Hall–Kier alpha value is -1.31. The van der Waals surface area contributed by atoms with E-state index in [1.165, 1.54) is 4.90 Å². The summed E-state index contributed by atoms with van der Waals surface area (Å²) in [4.78, 5) is 25.5. The average molecular weight is 393 g/mol. The molecule has 1 aromatic carbocycles. The van der Waals surface area contributed by atoms with Crippen LogP contribution < -0.4 is 20.7 Å². The zero-order chi connectivity index (χ0) is 15.6. The van der Waals surface area contributed by atoms with Gasteiger partial charge in [-0.3, -0.25) is 14.5 Å². The highest BCUT2D eigenvalue weighted by atomic mass is 79.9. The first kappa shape index (κ1) is 18.7. The van der Waals surface area contributed by atoms with E-state index < -0.39 is 5.54 Å². The highest BCUT2D eigenvalue weighted by molar-refractivity contribution is 9.10. The van der Waals surface area contributed by atoms with Gasteiger partial charge in [0.05, 0.1) is 5.69 Å². The number of hydrogen-bond acceptors (Lipinski definition) is 4. The van der Waals surface area contributed by atoms with Crippen molar-refractivity contribution < 1.29 is 14.3 Å². The molecule has 0 saturated carbocycles. The largest absolute Gasteiger partial charge is 0.482 e. The fourth-order valence-corrected chi connectivity index (χ4v) is 2.30. The number of ether oxygens (including phenoxy) is 1. The summed E-state index contributed by atoms with van der Waals surface area (Å²) < 4.78 is 6.23. The molecular weight excluding hydrogens is 374 g/mol. The van der Waals surface area contributed by atoms with E-state index in [0.29, 0.717) is 18.0 Å². The zero-order valence-electron chi connectivity index (χ0n) is 12.4. The van der Waals surface area contributed by atoms with Crippen LogP contribution in [-0.4, -0.2) is 37.0 Å². The Morgan fingerprint density at radius 1 is 1.50 bits per heavy atom. The zero-order valence-corrected chi connectivity index (χ0v) is 14.8. The predicted octanol–water partition coefficient (Wildman–Crippen LogP) is 1.45. The SMILES string of the molecule is CC(C)(CN)NC(=O)CN1C(=O)COc2cc(Br)ccc21.Cl. The predicted molar refractivity (Wildman–Crippen MR) is 90.5 cm³/mol. The second kappa shape index (κ2) is 7.30. The normalized spacial score (nSPS) is 13.8. The van der Waals surface area contributed by atoms with Crippen LogP contribution in [0.1, 0.15) is 13.8 Å². The van der Waals surface area contributed by atoms with Crippen molar-refractivity contribution in [3.63, 3.8) is 0 Å². The highest BCUT2D eigenvalue weighted by Crippen LogP contribution is 2.34. The molecule has 122 valence electrons. The molecular formula is C14H19BrClN3O3. The minimum absolute atomic E-state index is 0. The first-order valence-electron chi connectivity index (χ1n) is 6.56. The van der Waals surface area contributed by atoms with Crippen LogP contribution in [0.4, 0.5) is 5.69 Å². The molecule has 0 atom stereocenters. The molecule has 1 heterocycles. The number of nitrogens with one attached hydrogen (secondary N) is 1. The Balaban J connectivity index is 0.00000242. The van der Waals surface area contributed by atoms with Crippen molar-refractivity contribution >= 4 is 45.8 Å². The van der Waals surface area contributed by atoms with E-state index in [1.54, 1.807) is 18.2 Å². The van der Waals surface area contributed by atoms with Gasteiger partial charge < -0.3 is 15.8 Å². The number of nitrogens with zero attached hydrogens (tertiary/aromatic N) is 1. The van der Waals surface area contributed by atoms with Gasteiger partial charge in [0.25, 0.3) is 5.91 Å². The van der Waals surface area contributed by atoms with Crippen LogP contribution in [0.15, 0.2) is 22.7 Å². The van der Waals surface area contributed by atoms with Gasteiger partial charge in [-0.05, 0) is 32.0 Å². The maximum Gasteiger partial charge on any atom is 0.265 e. The summed E-state index contributed by atoms with van der Waals surface area (Å²) in [6.07, 6.45) is 0. The van der Waals surface area contributed by atoms with E-state index in [9.17, 15) is 9.59 Å². The van der Waals surface area contributed by atoms with Gasteiger partial charge >= 0.3 is 0 Å². The van der Waals surface area contributed by atoms with Gasteiger partial charge in [-0.25, -0.2) is 0 Å². The molecule has 0 bridgehead atoms. The van der Waals surface area contributed by atoms with E-state index in [1.807, 2.05) is 13.8 Å². The molecule has 22 heavy (non-hydrogen) atoms. The summed E-state index contributed by atoms with van der Waals surface area (Å²) in [5.74, 6) is 0.0787. The molecule has 0 aliphatic carbocycles. The lowest BCUT2D eigenvalue weighted by molar-refractivity contribution is -0.126. The standard InChI is InChI=1S/C14H18BrN3O3.ClH/c1-14(2,8-16)17-12(19)6-18-10-4-3-9(15)5-11(10)21-7-13(18)20;/h3-5H,6-8,16H2,1-2H3,(H,17,19);1H. The molecule has 2 amide bonds. The Morgan fingerprint density at radius 2 is 2.18 bits per heavy atom. The molecule has 1 aliphatic rings. The van der Waals surface area contributed by atoms with Crippen molar-refractivity contribution in [1.29, 1.82) is 0 Å². The number of halogens is 2. The number of benzene rings is 1. The molecule has 0 fully saturated rings.